The van der Waals surface area contributed by atoms with E-state index in [4.69, 9.17) is 9.84 Å². The summed E-state index contributed by atoms with van der Waals surface area (Å²) in [5.41, 5.74) is 1.21. The third kappa shape index (κ3) is 2.13. The lowest BCUT2D eigenvalue weighted by molar-refractivity contribution is 0.0686. The van der Waals surface area contributed by atoms with E-state index in [0.29, 0.717) is 17.1 Å². The second-order valence-corrected chi connectivity index (χ2v) is 3.66. The average molecular weight is 247 g/mol. The van der Waals surface area contributed by atoms with Crippen molar-refractivity contribution in [1.82, 2.24) is 9.78 Å². The van der Waals surface area contributed by atoms with E-state index in [9.17, 15) is 4.79 Å². The molecule has 6 heteroatoms. The molecule has 0 saturated carbocycles. The number of carbonyl (C=O) groups is 1. The van der Waals surface area contributed by atoms with Gasteiger partial charge in [-0.3, -0.25) is 4.68 Å². The second-order valence-electron chi connectivity index (χ2n) is 3.66. The minimum Gasteiger partial charge on any atom is -0.495 e. The van der Waals surface area contributed by atoms with Gasteiger partial charge in [-0.1, -0.05) is 12.1 Å². The Morgan fingerprint density at radius 1 is 1.39 bits per heavy atom. The zero-order valence-corrected chi connectivity index (χ0v) is 10.0. The lowest BCUT2D eigenvalue weighted by Crippen LogP contribution is -2.08. The van der Waals surface area contributed by atoms with Gasteiger partial charge >= 0.3 is 5.97 Å². The number of carboxylic acids is 1. The molecule has 0 saturated heterocycles. The molecule has 2 aromatic rings. The van der Waals surface area contributed by atoms with Gasteiger partial charge < -0.3 is 15.2 Å². The molecule has 0 atom stereocenters. The first kappa shape index (κ1) is 12.0. The minimum absolute atomic E-state index is 0.0981. The lowest BCUT2D eigenvalue weighted by Gasteiger charge is -2.10. The third-order valence-electron chi connectivity index (χ3n) is 2.52. The highest BCUT2D eigenvalue weighted by molar-refractivity contribution is 5.93. The van der Waals surface area contributed by atoms with Crippen LogP contribution in [0.15, 0.2) is 30.5 Å². The topological polar surface area (TPSA) is 76.4 Å². The van der Waals surface area contributed by atoms with Crippen molar-refractivity contribution in [1.29, 1.82) is 0 Å². The van der Waals surface area contributed by atoms with Crippen LogP contribution >= 0.6 is 0 Å². The number of nitrogens with zero attached hydrogens (tertiary/aromatic N) is 2. The number of nitrogens with one attached hydrogen (secondary N) is 1. The number of aromatic nitrogens is 2. The molecular weight excluding hydrogens is 234 g/mol. The number of hydrogen-bond acceptors (Lipinski definition) is 4. The molecular formula is C12H13N3O3. The smallest absolute Gasteiger partial charge is 0.356 e. The van der Waals surface area contributed by atoms with Crippen molar-refractivity contribution < 1.29 is 14.6 Å². The summed E-state index contributed by atoms with van der Waals surface area (Å²) < 4.78 is 6.49. The molecule has 0 unspecified atom stereocenters. The van der Waals surface area contributed by atoms with Gasteiger partial charge in [0.1, 0.15) is 5.75 Å². The van der Waals surface area contributed by atoms with Gasteiger partial charge in [-0.2, -0.15) is 5.10 Å². The van der Waals surface area contributed by atoms with Crippen molar-refractivity contribution in [2.45, 2.75) is 0 Å². The molecule has 1 aromatic heterocycles. The van der Waals surface area contributed by atoms with Gasteiger partial charge in [0.25, 0.3) is 0 Å². The van der Waals surface area contributed by atoms with Crippen LogP contribution in [0.1, 0.15) is 10.5 Å². The molecule has 6 nitrogen and oxygen atoms in total. The Morgan fingerprint density at radius 3 is 2.78 bits per heavy atom. The number of benzene rings is 1. The standard InChI is InChI=1S/C12H13N3O3/c1-15-11(12(16)17)9(7-13-15)14-8-5-3-4-6-10(8)18-2/h3-7,14H,1-2H3,(H,16,17). The highest BCUT2D eigenvalue weighted by Crippen LogP contribution is 2.28. The average Bonchev–Trinajstić information content (AvgIpc) is 2.71. The summed E-state index contributed by atoms with van der Waals surface area (Å²) in [7, 11) is 3.14. The number of carboxylic acid groups (broad SMARTS) is 1. The molecule has 2 N–H and O–H groups in total. The number of methoxy groups -OCH3 is 1. The van der Waals surface area contributed by atoms with E-state index in [1.165, 1.54) is 10.9 Å². The summed E-state index contributed by atoms with van der Waals surface area (Å²) in [6.07, 6.45) is 1.47. The van der Waals surface area contributed by atoms with E-state index in [2.05, 4.69) is 10.4 Å². The van der Waals surface area contributed by atoms with Gasteiger partial charge in [-0.05, 0) is 12.1 Å². The summed E-state index contributed by atoms with van der Waals surface area (Å²) in [6.45, 7) is 0. The van der Waals surface area contributed by atoms with Crippen LogP contribution in [0.2, 0.25) is 0 Å². The Kier molecular flexibility index (Phi) is 3.18. The summed E-state index contributed by atoms with van der Waals surface area (Å²) in [5.74, 6) is -0.398. The highest BCUT2D eigenvalue weighted by atomic mass is 16.5. The summed E-state index contributed by atoms with van der Waals surface area (Å²) in [4.78, 5) is 11.1. The molecule has 0 aliphatic carbocycles. The van der Waals surface area contributed by atoms with Crippen LogP contribution in [0, 0.1) is 0 Å². The molecule has 18 heavy (non-hydrogen) atoms. The highest BCUT2D eigenvalue weighted by Gasteiger charge is 2.16. The van der Waals surface area contributed by atoms with Crippen molar-refractivity contribution >= 4 is 17.3 Å². The van der Waals surface area contributed by atoms with Crippen LogP contribution in [0.5, 0.6) is 5.75 Å². The number of aryl methyl sites for hydroxylation is 1. The maximum absolute atomic E-state index is 11.1. The van der Waals surface area contributed by atoms with Crippen LogP contribution in [0.4, 0.5) is 11.4 Å². The molecule has 0 aliphatic rings. The number of aromatic carboxylic acids is 1. The largest absolute Gasteiger partial charge is 0.495 e. The Hall–Kier alpha value is -2.50. The Morgan fingerprint density at radius 2 is 2.11 bits per heavy atom. The molecule has 0 amide bonds. The number of ether oxygens (including phenoxy) is 1. The van der Waals surface area contributed by atoms with Crippen LogP contribution in [0.25, 0.3) is 0 Å². The summed E-state index contributed by atoms with van der Waals surface area (Å²) >= 11 is 0. The van der Waals surface area contributed by atoms with Crippen molar-refractivity contribution in [3.8, 4) is 5.75 Å². The van der Waals surface area contributed by atoms with Gasteiger partial charge in [0.15, 0.2) is 5.69 Å². The fourth-order valence-corrected chi connectivity index (χ4v) is 1.68. The first-order chi connectivity index (χ1) is 8.63. The van der Waals surface area contributed by atoms with E-state index >= 15 is 0 Å². The van der Waals surface area contributed by atoms with Gasteiger partial charge in [0.2, 0.25) is 0 Å². The quantitative estimate of drug-likeness (QED) is 0.862. The fraction of sp³-hybridized carbons (Fsp3) is 0.167. The van der Waals surface area contributed by atoms with Crippen LogP contribution in [-0.2, 0) is 7.05 Å². The predicted molar refractivity (Wildman–Crippen MR) is 66.4 cm³/mol. The number of hydrogen-bond donors (Lipinski definition) is 2. The molecule has 1 aromatic carbocycles. The Labute approximate surface area is 104 Å². The zero-order chi connectivity index (χ0) is 13.1. The van der Waals surface area contributed by atoms with Crippen molar-refractivity contribution in [3.05, 3.63) is 36.2 Å². The van der Waals surface area contributed by atoms with Crippen molar-refractivity contribution in [2.75, 3.05) is 12.4 Å². The van der Waals surface area contributed by atoms with E-state index in [1.807, 2.05) is 12.1 Å². The molecule has 0 spiro atoms. The van der Waals surface area contributed by atoms with Crippen LogP contribution < -0.4 is 10.1 Å². The minimum atomic E-state index is -1.03. The van der Waals surface area contributed by atoms with Gasteiger partial charge in [-0.15, -0.1) is 0 Å². The van der Waals surface area contributed by atoms with Gasteiger partial charge in [0.05, 0.1) is 24.7 Å². The first-order valence-electron chi connectivity index (χ1n) is 5.29. The SMILES string of the molecule is COc1ccccc1Nc1cnn(C)c1C(=O)O. The van der Waals surface area contributed by atoms with E-state index < -0.39 is 5.97 Å². The molecule has 0 radical (unpaired) electrons. The normalized spacial score (nSPS) is 10.1. The maximum Gasteiger partial charge on any atom is 0.356 e. The molecule has 0 aliphatic heterocycles. The van der Waals surface area contributed by atoms with Gasteiger partial charge in [0, 0.05) is 7.05 Å². The zero-order valence-electron chi connectivity index (χ0n) is 10.0. The Bertz CT molecular complexity index is 578. The van der Waals surface area contributed by atoms with E-state index in [-0.39, 0.29) is 5.69 Å². The number of anilines is 2. The van der Waals surface area contributed by atoms with Crippen molar-refractivity contribution in [2.24, 2.45) is 7.05 Å². The molecule has 2 rings (SSSR count). The predicted octanol–water partition coefficient (Wildman–Crippen LogP) is 1.87. The Balaban J connectivity index is 2.37. The molecule has 0 fully saturated rings. The molecule has 94 valence electrons. The second kappa shape index (κ2) is 4.79. The summed E-state index contributed by atoms with van der Waals surface area (Å²) in [5, 5.41) is 16.0. The number of para-hydroxylation sites is 2. The van der Waals surface area contributed by atoms with Crippen LogP contribution in [0.3, 0.4) is 0 Å². The first-order valence-corrected chi connectivity index (χ1v) is 5.29. The van der Waals surface area contributed by atoms with E-state index in [0.717, 1.165) is 0 Å². The third-order valence-corrected chi connectivity index (χ3v) is 2.52. The number of rotatable bonds is 4. The van der Waals surface area contributed by atoms with Crippen LogP contribution in [-0.4, -0.2) is 28.0 Å². The molecule has 1 heterocycles. The van der Waals surface area contributed by atoms with Crippen molar-refractivity contribution in [3.63, 3.8) is 0 Å². The fourth-order valence-electron chi connectivity index (χ4n) is 1.68. The maximum atomic E-state index is 11.1. The van der Waals surface area contributed by atoms with E-state index in [1.54, 1.807) is 26.3 Å². The monoisotopic (exact) mass is 247 g/mol. The lowest BCUT2D eigenvalue weighted by atomic mass is 10.2. The molecule has 0 bridgehead atoms. The summed E-state index contributed by atoms with van der Waals surface area (Å²) in [6, 6.07) is 7.27. The van der Waals surface area contributed by atoms with Gasteiger partial charge in [-0.25, -0.2) is 4.79 Å².